The Kier molecular flexibility index (Phi) is 4.15. The topological polar surface area (TPSA) is 37.3 Å². The van der Waals surface area contributed by atoms with Crippen molar-refractivity contribution < 1.29 is 9.90 Å². The Balaban J connectivity index is 1.76. The molecule has 0 unspecified atom stereocenters. The van der Waals surface area contributed by atoms with Gasteiger partial charge in [-0.2, -0.15) is 0 Å². The first kappa shape index (κ1) is 14.0. The molecule has 2 nitrogen and oxygen atoms in total. The second-order valence-electron chi connectivity index (χ2n) is 7.38. The maximum Gasteiger partial charge on any atom is 0.133 e. The Morgan fingerprint density at radius 3 is 2.83 bits per heavy atom. The lowest BCUT2D eigenvalue weighted by Gasteiger charge is -2.32. The van der Waals surface area contributed by atoms with Crippen molar-refractivity contribution in [3.63, 3.8) is 0 Å². The molecule has 0 aromatic heterocycles. The van der Waals surface area contributed by atoms with Crippen LogP contribution >= 0.6 is 0 Å². The summed E-state index contributed by atoms with van der Waals surface area (Å²) in [6, 6.07) is 0. The van der Waals surface area contributed by atoms with E-state index in [2.05, 4.69) is 0 Å². The van der Waals surface area contributed by atoms with Crippen LogP contribution in [0, 0.1) is 11.3 Å². The Hall–Kier alpha value is -0.370. The van der Waals surface area contributed by atoms with Crippen LogP contribution in [0.25, 0.3) is 0 Å². The molecule has 2 atom stereocenters. The lowest BCUT2D eigenvalue weighted by molar-refractivity contribution is -0.123. The molecule has 0 amide bonds. The summed E-state index contributed by atoms with van der Waals surface area (Å²) in [5.74, 6) is 1.30. The van der Waals surface area contributed by atoms with Gasteiger partial charge in [0.25, 0.3) is 0 Å². The number of carbonyl (C=O) groups is 1. The van der Waals surface area contributed by atoms with E-state index in [0.717, 1.165) is 38.0 Å². The first-order valence-electron chi connectivity index (χ1n) is 7.63. The number of hydrogen-bond acceptors (Lipinski definition) is 2. The molecule has 0 aromatic rings. The van der Waals surface area contributed by atoms with Crippen LogP contribution in [0.2, 0.25) is 0 Å². The highest BCUT2D eigenvalue weighted by Crippen LogP contribution is 2.51. The third-order valence-electron chi connectivity index (χ3n) is 4.94. The van der Waals surface area contributed by atoms with Gasteiger partial charge in [-0.1, -0.05) is 12.8 Å². The molecule has 2 aliphatic rings. The zero-order valence-electron chi connectivity index (χ0n) is 12.0. The highest BCUT2D eigenvalue weighted by atomic mass is 16.3. The van der Waals surface area contributed by atoms with E-state index in [1.165, 1.54) is 32.1 Å². The van der Waals surface area contributed by atoms with Gasteiger partial charge in [-0.25, -0.2) is 0 Å². The molecule has 2 rings (SSSR count). The van der Waals surface area contributed by atoms with Gasteiger partial charge in [0.2, 0.25) is 0 Å². The predicted octanol–water partition coefficient (Wildman–Crippen LogP) is 3.86. The summed E-state index contributed by atoms with van der Waals surface area (Å²) in [5.41, 5.74) is -0.133. The maximum atomic E-state index is 11.6. The van der Waals surface area contributed by atoms with Crippen molar-refractivity contribution >= 4 is 5.78 Å². The molecule has 1 N–H and O–H groups in total. The molecule has 0 saturated heterocycles. The molecule has 0 aliphatic heterocycles. The van der Waals surface area contributed by atoms with E-state index in [1.807, 2.05) is 13.8 Å². The van der Waals surface area contributed by atoms with Crippen LogP contribution in [0.15, 0.2) is 0 Å². The summed E-state index contributed by atoms with van der Waals surface area (Å²) in [7, 11) is 0. The van der Waals surface area contributed by atoms with Gasteiger partial charge in [-0.3, -0.25) is 4.79 Å². The SMILES string of the molecule is CC(C)(O)CCC[C@H]1CC[C@]2(CCCC(=O)C2)C1. The minimum Gasteiger partial charge on any atom is -0.390 e. The highest BCUT2D eigenvalue weighted by molar-refractivity contribution is 5.79. The Labute approximate surface area is 111 Å². The van der Waals surface area contributed by atoms with Gasteiger partial charge in [0, 0.05) is 12.8 Å². The summed E-state index contributed by atoms with van der Waals surface area (Å²) in [6.45, 7) is 3.78. The smallest absolute Gasteiger partial charge is 0.133 e. The van der Waals surface area contributed by atoms with Gasteiger partial charge in [-0.15, -0.1) is 0 Å². The zero-order valence-corrected chi connectivity index (χ0v) is 12.0. The van der Waals surface area contributed by atoms with Crippen molar-refractivity contribution in [3.8, 4) is 0 Å². The summed E-state index contributed by atoms with van der Waals surface area (Å²) >= 11 is 0. The average Bonchev–Trinajstić information content (AvgIpc) is 2.59. The standard InChI is InChI=1S/C16H28O2/c1-15(2,18)8-3-5-13-7-10-16(11-13)9-4-6-14(17)12-16/h13,18H,3-12H2,1-2H3/t13-,16+/m0/s1. The molecule has 2 heteroatoms. The molecule has 2 aliphatic carbocycles. The number of aliphatic hydroxyl groups is 1. The van der Waals surface area contributed by atoms with Crippen LogP contribution in [0.5, 0.6) is 0 Å². The molecule has 1 spiro atoms. The van der Waals surface area contributed by atoms with E-state index < -0.39 is 5.60 Å². The van der Waals surface area contributed by atoms with E-state index in [9.17, 15) is 9.90 Å². The highest BCUT2D eigenvalue weighted by Gasteiger charge is 2.41. The summed E-state index contributed by atoms with van der Waals surface area (Å²) in [4.78, 5) is 11.6. The third kappa shape index (κ3) is 3.81. The van der Waals surface area contributed by atoms with Gasteiger partial charge in [0.1, 0.15) is 5.78 Å². The van der Waals surface area contributed by atoms with E-state index in [-0.39, 0.29) is 0 Å². The summed E-state index contributed by atoms with van der Waals surface area (Å²) < 4.78 is 0. The molecular weight excluding hydrogens is 224 g/mol. The number of hydrogen-bond donors (Lipinski definition) is 1. The monoisotopic (exact) mass is 252 g/mol. The van der Waals surface area contributed by atoms with Gasteiger partial charge in [-0.05, 0) is 63.7 Å². The van der Waals surface area contributed by atoms with Gasteiger partial charge < -0.3 is 5.11 Å². The second-order valence-corrected chi connectivity index (χ2v) is 7.38. The number of rotatable bonds is 4. The Morgan fingerprint density at radius 1 is 1.39 bits per heavy atom. The Bertz CT molecular complexity index is 303. The van der Waals surface area contributed by atoms with Crippen molar-refractivity contribution in [2.75, 3.05) is 0 Å². The molecule has 0 bridgehead atoms. The zero-order chi connectivity index (χ0) is 13.2. The van der Waals surface area contributed by atoms with Crippen molar-refractivity contribution in [1.82, 2.24) is 0 Å². The van der Waals surface area contributed by atoms with Crippen LogP contribution in [0.3, 0.4) is 0 Å². The molecule has 2 fully saturated rings. The quantitative estimate of drug-likeness (QED) is 0.825. The van der Waals surface area contributed by atoms with Crippen LogP contribution in [0.1, 0.15) is 78.1 Å². The normalized spacial score (nSPS) is 33.3. The summed E-state index contributed by atoms with van der Waals surface area (Å²) in [6.07, 6.45) is 11.2. The van der Waals surface area contributed by atoms with Crippen molar-refractivity contribution in [2.45, 2.75) is 83.7 Å². The molecule has 2 saturated carbocycles. The number of ketones is 1. The van der Waals surface area contributed by atoms with E-state index in [0.29, 0.717) is 11.2 Å². The van der Waals surface area contributed by atoms with Crippen molar-refractivity contribution in [2.24, 2.45) is 11.3 Å². The van der Waals surface area contributed by atoms with E-state index in [1.54, 1.807) is 0 Å². The fourth-order valence-corrected chi connectivity index (χ4v) is 4.04. The van der Waals surface area contributed by atoms with Crippen LogP contribution in [0.4, 0.5) is 0 Å². The molecule has 0 radical (unpaired) electrons. The molecule has 18 heavy (non-hydrogen) atoms. The second kappa shape index (κ2) is 5.32. The van der Waals surface area contributed by atoms with E-state index >= 15 is 0 Å². The third-order valence-corrected chi connectivity index (χ3v) is 4.94. The van der Waals surface area contributed by atoms with Gasteiger partial charge in [0.05, 0.1) is 5.60 Å². The molecule has 0 aromatic carbocycles. The lowest BCUT2D eigenvalue weighted by Crippen LogP contribution is -2.26. The van der Waals surface area contributed by atoms with Crippen LogP contribution < -0.4 is 0 Å². The predicted molar refractivity (Wildman–Crippen MR) is 73.4 cm³/mol. The van der Waals surface area contributed by atoms with Gasteiger partial charge in [0.15, 0.2) is 0 Å². The first-order chi connectivity index (χ1) is 8.39. The first-order valence-corrected chi connectivity index (χ1v) is 7.63. The minimum absolute atomic E-state index is 0.384. The van der Waals surface area contributed by atoms with Crippen molar-refractivity contribution in [1.29, 1.82) is 0 Å². The molecular formula is C16H28O2. The van der Waals surface area contributed by atoms with E-state index in [4.69, 9.17) is 0 Å². The van der Waals surface area contributed by atoms with Crippen LogP contribution in [-0.2, 0) is 4.79 Å². The fourth-order valence-electron chi connectivity index (χ4n) is 4.04. The molecule has 0 heterocycles. The Morgan fingerprint density at radius 2 is 2.17 bits per heavy atom. The number of carbonyl (C=O) groups excluding carboxylic acids is 1. The van der Waals surface area contributed by atoms with Crippen LogP contribution in [-0.4, -0.2) is 16.5 Å². The fraction of sp³-hybridized carbons (Fsp3) is 0.938. The molecule has 104 valence electrons. The summed E-state index contributed by atoms with van der Waals surface area (Å²) in [5, 5.41) is 9.72. The average molecular weight is 252 g/mol. The maximum absolute atomic E-state index is 11.6. The lowest BCUT2D eigenvalue weighted by atomic mass is 9.72. The largest absolute Gasteiger partial charge is 0.390 e. The van der Waals surface area contributed by atoms with Gasteiger partial charge >= 0.3 is 0 Å². The van der Waals surface area contributed by atoms with Crippen molar-refractivity contribution in [3.05, 3.63) is 0 Å². The minimum atomic E-state index is -0.517. The number of Topliss-reactive ketones (excluding diaryl/α,β-unsaturated/α-hetero) is 1.